The first kappa shape index (κ1) is 27.1. The van der Waals surface area contributed by atoms with Crippen molar-refractivity contribution in [1.82, 2.24) is 29.1 Å². The molecule has 4 rings (SSSR count). The van der Waals surface area contributed by atoms with Gasteiger partial charge in [0.2, 0.25) is 5.95 Å². The maximum atomic E-state index is 11.2. The Hall–Kier alpha value is -3.93. The summed E-state index contributed by atoms with van der Waals surface area (Å²) in [7, 11) is 0. The molecule has 0 unspecified atom stereocenters. The summed E-state index contributed by atoms with van der Waals surface area (Å²) in [6.45, 7) is 6.59. The van der Waals surface area contributed by atoms with Crippen molar-refractivity contribution in [1.29, 1.82) is 0 Å². The average molecular weight is 535 g/mol. The zero-order valence-corrected chi connectivity index (χ0v) is 22.2. The van der Waals surface area contributed by atoms with Gasteiger partial charge in [-0.25, -0.2) is 9.97 Å². The second-order valence-electron chi connectivity index (χ2n) is 8.67. The lowest BCUT2D eigenvalue weighted by Gasteiger charge is -2.23. The molecule has 11 heteroatoms. The first-order valence-electron chi connectivity index (χ1n) is 12.2. The van der Waals surface area contributed by atoms with Crippen LogP contribution >= 0.6 is 11.5 Å². The Kier molecular flexibility index (Phi) is 9.68. The predicted molar refractivity (Wildman–Crippen MR) is 143 cm³/mol. The maximum absolute atomic E-state index is 11.2. The van der Waals surface area contributed by atoms with E-state index in [0.29, 0.717) is 24.0 Å². The molecule has 0 amide bonds. The van der Waals surface area contributed by atoms with Crippen LogP contribution in [0.1, 0.15) is 36.4 Å². The molecule has 2 aromatic carbocycles. The number of imidazole rings is 1. The second-order valence-corrected chi connectivity index (χ2v) is 9.51. The number of carbonyl (C=O) groups excluding carboxylic acids is 2. The largest absolute Gasteiger partial charge is 0.427 e. The Bertz CT molecular complexity index is 1240. The summed E-state index contributed by atoms with van der Waals surface area (Å²) in [5.41, 5.74) is 2.23. The molecule has 10 nitrogen and oxygen atoms in total. The molecule has 0 aliphatic heterocycles. The van der Waals surface area contributed by atoms with Crippen LogP contribution in [0.5, 0.6) is 11.5 Å². The fourth-order valence-electron chi connectivity index (χ4n) is 3.81. The highest BCUT2D eigenvalue weighted by molar-refractivity contribution is 7.05. The fraction of sp³-hybridized carbons (Fsp3) is 0.296. The Morgan fingerprint density at radius 1 is 0.947 bits per heavy atom. The van der Waals surface area contributed by atoms with Crippen molar-refractivity contribution in [3.05, 3.63) is 83.4 Å². The van der Waals surface area contributed by atoms with E-state index in [1.165, 1.54) is 25.4 Å². The first-order chi connectivity index (χ1) is 18.4. The summed E-state index contributed by atoms with van der Waals surface area (Å²) in [5.74, 6) is 1.03. The molecular formula is C27H30N6O4S. The Morgan fingerprint density at radius 3 is 2.08 bits per heavy atom. The van der Waals surface area contributed by atoms with E-state index in [2.05, 4.69) is 24.6 Å². The topological polar surface area (TPSA) is 111 Å². The molecule has 0 radical (unpaired) electrons. The molecule has 0 saturated carbocycles. The van der Waals surface area contributed by atoms with Gasteiger partial charge in [0, 0.05) is 52.4 Å². The maximum Gasteiger partial charge on any atom is 0.308 e. The number of nitrogens with zero attached hydrogens (tertiary/aromatic N) is 5. The number of benzene rings is 2. The zero-order valence-electron chi connectivity index (χ0n) is 21.4. The molecule has 0 saturated heterocycles. The summed E-state index contributed by atoms with van der Waals surface area (Å²) < 4.78 is 16.5. The molecule has 0 bridgehead atoms. The van der Waals surface area contributed by atoms with Crippen LogP contribution in [0.4, 0.5) is 0 Å². The minimum absolute atomic E-state index is 0.337. The van der Waals surface area contributed by atoms with Crippen LogP contribution in [0.25, 0.3) is 5.95 Å². The van der Waals surface area contributed by atoms with Gasteiger partial charge in [-0.1, -0.05) is 24.3 Å². The number of hydrogen-bond donors (Lipinski definition) is 1. The minimum atomic E-state index is -0.337. The molecular weight excluding hydrogens is 504 g/mol. The van der Waals surface area contributed by atoms with Gasteiger partial charge in [-0.15, -0.1) is 0 Å². The van der Waals surface area contributed by atoms with Crippen molar-refractivity contribution in [3.8, 4) is 17.4 Å². The van der Waals surface area contributed by atoms with Crippen LogP contribution in [-0.4, -0.2) is 48.8 Å². The van der Waals surface area contributed by atoms with E-state index in [4.69, 9.17) is 9.47 Å². The number of nitrogens with one attached hydrogen (secondary N) is 1. The van der Waals surface area contributed by atoms with Gasteiger partial charge in [0.25, 0.3) is 0 Å². The van der Waals surface area contributed by atoms with Gasteiger partial charge in [0.05, 0.1) is 0 Å². The van der Waals surface area contributed by atoms with Crippen molar-refractivity contribution in [2.24, 2.45) is 0 Å². The second kappa shape index (κ2) is 13.6. The fourth-order valence-corrected chi connectivity index (χ4v) is 4.42. The molecule has 0 spiro atoms. The van der Waals surface area contributed by atoms with Crippen molar-refractivity contribution < 1.29 is 19.1 Å². The van der Waals surface area contributed by atoms with E-state index < -0.39 is 0 Å². The third-order valence-corrected chi connectivity index (χ3v) is 6.18. The monoisotopic (exact) mass is 534 g/mol. The first-order valence-corrected chi connectivity index (χ1v) is 13.0. The van der Waals surface area contributed by atoms with Crippen LogP contribution in [-0.2, 0) is 29.2 Å². The van der Waals surface area contributed by atoms with Crippen molar-refractivity contribution >= 4 is 23.5 Å². The number of carbonyl (C=O) groups is 2. The van der Waals surface area contributed by atoms with Crippen LogP contribution < -0.4 is 14.8 Å². The SMILES string of the molecule is CC(=O)Oc1ccc(CN(CCCNCc2nc(-n3ccnc3)ns2)Cc2ccc(OC(C)=O)cc2)cc1. The summed E-state index contributed by atoms with van der Waals surface area (Å²) in [4.78, 5) is 33.3. The van der Waals surface area contributed by atoms with Gasteiger partial charge < -0.3 is 14.8 Å². The molecule has 2 heterocycles. The van der Waals surface area contributed by atoms with E-state index in [9.17, 15) is 9.59 Å². The molecule has 198 valence electrons. The van der Waals surface area contributed by atoms with Gasteiger partial charge in [-0.3, -0.25) is 19.1 Å². The van der Waals surface area contributed by atoms with Crippen molar-refractivity contribution in [3.63, 3.8) is 0 Å². The highest BCUT2D eigenvalue weighted by atomic mass is 32.1. The lowest BCUT2D eigenvalue weighted by Crippen LogP contribution is -2.27. The number of hydrogen-bond acceptors (Lipinski definition) is 10. The highest BCUT2D eigenvalue weighted by Crippen LogP contribution is 2.18. The summed E-state index contributed by atoms with van der Waals surface area (Å²) in [6, 6.07) is 15.1. The molecule has 0 atom stereocenters. The lowest BCUT2D eigenvalue weighted by molar-refractivity contribution is -0.132. The smallest absolute Gasteiger partial charge is 0.308 e. The summed E-state index contributed by atoms with van der Waals surface area (Å²) in [5, 5.41) is 4.38. The van der Waals surface area contributed by atoms with Crippen molar-refractivity contribution in [2.75, 3.05) is 13.1 Å². The van der Waals surface area contributed by atoms with Crippen LogP contribution in [0, 0.1) is 0 Å². The standard InChI is InChI=1S/C27H30N6O4S/c1-20(34)36-24-8-4-22(5-9-24)17-32(18-23-6-10-25(11-7-23)37-21(2)35)14-3-12-28-16-26-30-27(31-38-26)33-15-13-29-19-33/h4-11,13,15,19,28H,3,12,14,16-18H2,1-2H3. The van der Waals surface area contributed by atoms with E-state index in [0.717, 1.165) is 48.7 Å². The predicted octanol–water partition coefficient (Wildman–Crippen LogP) is 3.76. The Balaban J connectivity index is 1.31. The zero-order chi connectivity index (χ0) is 26.7. The number of ether oxygens (including phenoxy) is 2. The molecule has 4 aromatic rings. The van der Waals surface area contributed by atoms with Crippen LogP contribution in [0.15, 0.2) is 67.3 Å². The van der Waals surface area contributed by atoms with Crippen LogP contribution in [0.2, 0.25) is 0 Å². The minimum Gasteiger partial charge on any atom is -0.427 e. The third kappa shape index (κ3) is 8.58. The quantitative estimate of drug-likeness (QED) is 0.156. The summed E-state index contributed by atoms with van der Waals surface area (Å²) >= 11 is 1.38. The average Bonchev–Trinajstić information content (AvgIpc) is 3.58. The highest BCUT2D eigenvalue weighted by Gasteiger charge is 2.10. The molecule has 38 heavy (non-hydrogen) atoms. The lowest BCUT2D eigenvalue weighted by atomic mass is 10.1. The number of aromatic nitrogens is 4. The number of rotatable bonds is 13. The molecule has 0 fully saturated rings. The molecule has 0 aliphatic rings. The van der Waals surface area contributed by atoms with Gasteiger partial charge in [0.1, 0.15) is 22.8 Å². The van der Waals surface area contributed by atoms with E-state index in [1.807, 2.05) is 54.7 Å². The van der Waals surface area contributed by atoms with Gasteiger partial charge >= 0.3 is 11.9 Å². The van der Waals surface area contributed by atoms with Gasteiger partial charge in [0.15, 0.2) is 0 Å². The Labute approximate surface area is 225 Å². The van der Waals surface area contributed by atoms with Crippen molar-refractivity contribution in [2.45, 2.75) is 39.9 Å². The van der Waals surface area contributed by atoms with Gasteiger partial charge in [-0.2, -0.15) is 4.37 Å². The molecule has 2 aromatic heterocycles. The van der Waals surface area contributed by atoms with E-state index in [1.54, 1.807) is 17.1 Å². The summed E-state index contributed by atoms with van der Waals surface area (Å²) in [6.07, 6.45) is 6.14. The van der Waals surface area contributed by atoms with E-state index in [-0.39, 0.29) is 11.9 Å². The normalized spacial score (nSPS) is 11.0. The van der Waals surface area contributed by atoms with Gasteiger partial charge in [-0.05, 0) is 59.9 Å². The molecule has 1 N–H and O–H groups in total. The molecule has 0 aliphatic carbocycles. The Morgan fingerprint density at radius 2 is 1.55 bits per heavy atom. The number of esters is 2. The van der Waals surface area contributed by atoms with E-state index >= 15 is 0 Å². The third-order valence-electron chi connectivity index (χ3n) is 5.48. The van der Waals surface area contributed by atoms with Crippen LogP contribution in [0.3, 0.4) is 0 Å².